The van der Waals surface area contributed by atoms with Crippen molar-refractivity contribution in [3.8, 4) is 0 Å². The average molecular weight is 226 g/mol. The first kappa shape index (κ1) is 13.5. The zero-order valence-electron chi connectivity index (χ0n) is 10.9. The van der Waals surface area contributed by atoms with Gasteiger partial charge in [-0.15, -0.1) is 0 Å². The van der Waals surface area contributed by atoms with Crippen LogP contribution in [0, 0.1) is 11.8 Å². The molecule has 0 spiro atoms. The number of carbonyl (C=O) groups is 1. The molecule has 1 aliphatic heterocycles. The Morgan fingerprint density at radius 1 is 1.50 bits per heavy atom. The molecule has 1 saturated heterocycles. The van der Waals surface area contributed by atoms with E-state index in [1.54, 1.807) is 0 Å². The average Bonchev–Trinajstić information content (AvgIpc) is 2.75. The van der Waals surface area contributed by atoms with E-state index in [1.807, 2.05) is 0 Å². The van der Waals surface area contributed by atoms with Crippen molar-refractivity contribution >= 4 is 5.91 Å². The fourth-order valence-corrected chi connectivity index (χ4v) is 2.33. The van der Waals surface area contributed by atoms with Crippen LogP contribution < -0.4 is 10.6 Å². The number of amides is 1. The standard InChI is InChI=1S/C13H26N2O/c1-4-11(10(2)3)8-13(16)15-9-12-6-5-7-14-12/h10-12,14H,4-9H2,1-3H3,(H,15,16). The normalized spacial score (nSPS) is 22.4. The summed E-state index contributed by atoms with van der Waals surface area (Å²) in [7, 11) is 0. The first-order valence-corrected chi connectivity index (χ1v) is 6.63. The molecule has 94 valence electrons. The van der Waals surface area contributed by atoms with E-state index in [2.05, 4.69) is 31.4 Å². The first-order valence-electron chi connectivity index (χ1n) is 6.63. The number of hydrogen-bond acceptors (Lipinski definition) is 2. The highest BCUT2D eigenvalue weighted by Crippen LogP contribution is 2.18. The van der Waals surface area contributed by atoms with Gasteiger partial charge in [0.1, 0.15) is 0 Å². The van der Waals surface area contributed by atoms with Crippen LogP contribution in [0.3, 0.4) is 0 Å². The summed E-state index contributed by atoms with van der Waals surface area (Å²) in [5, 5.41) is 6.43. The van der Waals surface area contributed by atoms with Crippen LogP contribution in [0.25, 0.3) is 0 Å². The second kappa shape index (κ2) is 6.89. The molecule has 1 heterocycles. The Bertz CT molecular complexity index is 210. The largest absolute Gasteiger partial charge is 0.355 e. The monoisotopic (exact) mass is 226 g/mol. The van der Waals surface area contributed by atoms with E-state index < -0.39 is 0 Å². The maximum atomic E-state index is 11.7. The maximum Gasteiger partial charge on any atom is 0.220 e. The van der Waals surface area contributed by atoms with Gasteiger partial charge in [0.15, 0.2) is 0 Å². The Balaban J connectivity index is 2.18. The fourth-order valence-electron chi connectivity index (χ4n) is 2.33. The van der Waals surface area contributed by atoms with Crippen molar-refractivity contribution in [3.63, 3.8) is 0 Å². The lowest BCUT2D eigenvalue weighted by Crippen LogP contribution is -2.38. The van der Waals surface area contributed by atoms with Crippen LogP contribution in [0.5, 0.6) is 0 Å². The van der Waals surface area contributed by atoms with Crippen LogP contribution >= 0.6 is 0 Å². The van der Waals surface area contributed by atoms with Crippen LogP contribution in [-0.4, -0.2) is 25.0 Å². The van der Waals surface area contributed by atoms with Crippen molar-refractivity contribution in [1.82, 2.24) is 10.6 Å². The molecule has 2 unspecified atom stereocenters. The van der Waals surface area contributed by atoms with Crippen LogP contribution in [0.1, 0.15) is 46.5 Å². The van der Waals surface area contributed by atoms with Gasteiger partial charge in [0.05, 0.1) is 0 Å². The van der Waals surface area contributed by atoms with E-state index in [0.717, 1.165) is 19.5 Å². The Morgan fingerprint density at radius 3 is 2.75 bits per heavy atom. The highest BCUT2D eigenvalue weighted by atomic mass is 16.1. The van der Waals surface area contributed by atoms with Crippen LogP contribution in [0.4, 0.5) is 0 Å². The van der Waals surface area contributed by atoms with Crippen molar-refractivity contribution < 1.29 is 4.79 Å². The maximum absolute atomic E-state index is 11.7. The van der Waals surface area contributed by atoms with Gasteiger partial charge in [0, 0.05) is 19.0 Å². The Hall–Kier alpha value is -0.570. The molecule has 0 aliphatic carbocycles. The predicted molar refractivity (Wildman–Crippen MR) is 67.3 cm³/mol. The molecule has 0 aromatic carbocycles. The van der Waals surface area contributed by atoms with Crippen LogP contribution in [0.15, 0.2) is 0 Å². The molecule has 3 heteroatoms. The number of carbonyl (C=O) groups excluding carboxylic acids is 1. The summed E-state index contributed by atoms with van der Waals surface area (Å²) in [6, 6.07) is 0.503. The van der Waals surface area contributed by atoms with E-state index in [1.165, 1.54) is 12.8 Å². The van der Waals surface area contributed by atoms with E-state index in [0.29, 0.717) is 24.3 Å². The summed E-state index contributed by atoms with van der Waals surface area (Å²) in [6.07, 6.45) is 4.21. The lowest BCUT2D eigenvalue weighted by Gasteiger charge is -2.19. The van der Waals surface area contributed by atoms with Gasteiger partial charge < -0.3 is 10.6 Å². The Labute approximate surface area is 99.4 Å². The van der Waals surface area contributed by atoms with Gasteiger partial charge in [0.2, 0.25) is 5.91 Å². The van der Waals surface area contributed by atoms with Crippen LogP contribution in [-0.2, 0) is 4.79 Å². The summed E-state index contributed by atoms with van der Waals surface area (Å²) < 4.78 is 0. The molecule has 1 aliphatic rings. The van der Waals surface area contributed by atoms with E-state index >= 15 is 0 Å². The minimum absolute atomic E-state index is 0.217. The smallest absolute Gasteiger partial charge is 0.220 e. The van der Waals surface area contributed by atoms with Gasteiger partial charge in [-0.3, -0.25) is 4.79 Å². The molecule has 0 radical (unpaired) electrons. The third-order valence-electron chi connectivity index (χ3n) is 3.62. The van der Waals surface area contributed by atoms with Crippen molar-refractivity contribution in [1.29, 1.82) is 0 Å². The van der Waals surface area contributed by atoms with E-state index in [9.17, 15) is 4.79 Å². The van der Waals surface area contributed by atoms with Crippen molar-refractivity contribution in [2.45, 2.75) is 52.5 Å². The quantitative estimate of drug-likeness (QED) is 0.726. The molecule has 1 fully saturated rings. The second-order valence-corrected chi connectivity index (χ2v) is 5.21. The molecule has 0 aromatic rings. The summed E-state index contributed by atoms with van der Waals surface area (Å²) in [4.78, 5) is 11.7. The predicted octanol–water partition coefficient (Wildman–Crippen LogP) is 1.93. The molecule has 2 N–H and O–H groups in total. The van der Waals surface area contributed by atoms with Crippen LogP contribution in [0.2, 0.25) is 0 Å². The summed E-state index contributed by atoms with van der Waals surface area (Å²) >= 11 is 0. The SMILES string of the molecule is CCC(CC(=O)NCC1CCCN1)C(C)C. The number of nitrogens with one attached hydrogen (secondary N) is 2. The number of rotatable bonds is 6. The lowest BCUT2D eigenvalue weighted by atomic mass is 9.90. The molecule has 1 rings (SSSR count). The van der Waals surface area contributed by atoms with Gasteiger partial charge >= 0.3 is 0 Å². The van der Waals surface area contributed by atoms with E-state index in [4.69, 9.17) is 0 Å². The third-order valence-corrected chi connectivity index (χ3v) is 3.62. The van der Waals surface area contributed by atoms with Gasteiger partial charge in [-0.2, -0.15) is 0 Å². The molecule has 0 bridgehead atoms. The molecule has 16 heavy (non-hydrogen) atoms. The van der Waals surface area contributed by atoms with Crippen molar-refractivity contribution in [3.05, 3.63) is 0 Å². The number of hydrogen-bond donors (Lipinski definition) is 2. The Morgan fingerprint density at radius 2 is 2.25 bits per heavy atom. The summed E-state index contributed by atoms with van der Waals surface area (Å²) in [6.45, 7) is 8.45. The molecule has 0 aromatic heterocycles. The topological polar surface area (TPSA) is 41.1 Å². The molecule has 3 nitrogen and oxygen atoms in total. The summed E-state index contributed by atoms with van der Waals surface area (Å²) in [5.41, 5.74) is 0. The zero-order valence-corrected chi connectivity index (χ0v) is 10.9. The van der Waals surface area contributed by atoms with Crippen molar-refractivity contribution in [2.75, 3.05) is 13.1 Å². The molecular weight excluding hydrogens is 200 g/mol. The lowest BCUT2D eigenvalue weighted by molar-refractivity contribution is -0.122. The minimum Gasteiger partial charge on any atom is -0.355 e. The first-order chi connectivity index (χ1) is 7.63. The van der Waals surface area contributed by atoms with Gasteiger partial charge in [-0.25, -0.2) is 0 Å². The zero-order chi connectivity index (χ0) is 12.0. The molecule has 1 amide bonds. The minimum atomic E-state index is 0.217. The van der Waals surface area contributed by atoms with E-state index in [-0.39, 0.29) is 5.91 Å². The Kier molecular flexibility index (Phi) is 5.81. The van der Waals surface area contributed by atoms with Gasteiger partial charge in [-0.1, -0.05) is 27.2 Å². The second-order valence-electron chi connectivity index (χ2n) is 5.21. The third kappa shape index (κ3) is 4.52. The van der Waals surface area contributed by atoms with Gasteiger partial charge in [0.25, 0.3) is 0 Å². The van der Waals surface area contributed by atoms with Crippen molar-refractivity contribution in [2.24, 2.45) is 11.8 Å². The molecule has 2 atom stereocenters. The molecule has 0 saturated carbocycles. The summed E-state index contributed by atoms with van der Waals surface area (Å²) in [5.74, 6) is 1.34. The highest BCUT2D eigenvalue weighted by Gasteiger charge is 2.18. The highest BCUT2D eigenvalue weighted by molar-refractivity contribution is 5.76. The van der Waals surface area contributed by atoms with Gasteiger partial charge in [-0.05, 0) is 31.2 Å². The molecular formula is C13H26N2O. The fraction of sp³-hybridized carbons (Fsp3) is 0.923.